The van der Waals surface area contributed by atoms with E-state index in [9.17, 15) is 0 Å². The molecule has 0 aliphatic heterocycles. The van der Waals surface area contributed by atoms with Crippen LogP contribution >= 0.6 is 0 Å². The number of nitrogens with one attached hydrogen (secondary N) is 1. The van der Waals surface area contributed by atoms with E-state index >= 15 is 0 Å². The van der Waals surface area contributed by atoms with Crippen LogP contribution in [0.2, 0.25) is 0 Å². The summed E-state index contributed by atoms with van der Waals surface area (Å²) in [6.07, 6.45) is 5.38. The Kier molecular flexibility index (Phi) is 4.87. The summed E-state index contributed by atoms with van der Waals surface area (Å²) in [5.41, 5.74) is 2.63. The Morgan fingerprint density at radius 2 is 2.16 bits per heavy atom. The summed E-state index contributed by atoms with van der Waals surface area (Å²) in [5, 5.41) is 3.53. The monoisotopic (exact) mass is 261 g/mol. The predicted molar refractivity (Wildman–Crippen MR) is 80.7 cm³/mol. The van der Waals surface area contributed by atoms with Gasteiger partial charge in [0.05, 0.1) is 7.11 Å². The number of methoxy groups -OCH3 is 1. The zero-order valence-electron chi connectivity index (χ0n) is 12.7. The van der Waals surface area contributed by atoms with Crippen molar-refractivity contribution >= 4 is 0 Å². The van der Waals surface area contributed by atoms with Gasteiger partial charge in [0, 0.05) is 11.6 Å². The highest BCUT2D eigenvalue weighted by Gasteiger charge is 2.31. The largest absolute Gasteiger partial charge is 0.496 e. The van der Waals surface area contributed by atoms with Gasteiger partial charge in [0.25, 0.3) is 0 Å². The molecule has 0 spiro atoms. The first-order chi connectivity index (χ1) is 9.19. The molecular weight excluding hydrogens is 234 g/mol. The number of ether oxygens (including phenoxy) is 1. The molecule has 0 bridgehead atoms. The van der Waals surface area contributed by atoms with Crippen molar-refractivity contribution in [1.82, 2.24) is 5.32 Å². The van der Waals surface area contributed by atoms with Gasteiger partial charge in [-0.25, -0.2) is 0 Å². The summed E-state index contributed by atoms with van der Waals surface area (Å²) in [4.78, 5) is 0. The Morgan fingerprint density at radius 1 is 1.37 bits per heavy atom. The fraction of sp³-hybridized carbons (Fsp3) is 0.647. The van der Waals surface area contributed by atoms with Crippen molar-refractivity contribution in [3.63, 3.8) is 0 Å². The molecule has 1 fully saturated rings. The highest BCUT2D eigenvalue weighted by molar-refractivity contribution is 5.39. The smallest absolute Gasteiger partial charge is 0.123 e. The normalized spacial score (nSPS) is 24.4. The van der Waals surface area contributed by atoms with Crippen molar-refractivity contribution < 1.29 is 4.74 Å². The van der Waals surface area contributed by atoms with Crippen molar-refractivity contribution in [2.75, 3.05) is 14.2 Å². The second kappa shape index (κ2) is 6.42. The van der Waals surface area contributed by atoms with Crippen LogP contribution in [0.5, 0.6) is 5.75 Å². The summed E-state index contributed by atoms with van der Waals surface area (Å²) >= 11 is 0. The van der Waals surface area contributed by atoms with E-state index in [2.05, 4.69) is 44.4 Å². The molecule has 1 saturated carbocycles. The maximum Gasteiger partial charge on any atom is 0.123 e. The minimum Gasteiger partial charge on any atom is -0.496 e. The van der Waals surface area contributed by atoms with E-state index in [1.165, 1.54) is 36.8 Å². The molecule has 0 radical (unpaired) electrons. The second-order valence-electron chi connectivity index (χ2n) is 5.86. The Hall–Kier alpha value is -1.02. The van der Waals surface area contributed by atoms with Gasteiger partial charge in [-0.05, 0) is 44.7 Å². The molecule has 2 heteroatoms. The quantitative estimate of drug-likeness (QED) is 0.862. The van der Waals surface area contributed by atoms with Crippen molar-refractivity contribution in [1.29, 1.82) is 0 Å². The van der Waals surface area contributed by atoms with Gasteiger partial charge in [-0.1, -0.05) is 37.5 Å². The summed E-state index contributed by atoms with van der Waals surface area (Å²) in [6.45, 7) is 4.47. The number of aryl methyl sites for hydroxylation is 1. The molecule has 3 atom stereocenters. The molecule has 1 aromatic rings. The van der Waals surface area contributed by atoms with Crippen molar-refractivity contribution in [2.45, 2.75) is 45.6 Å². The first-order valence-corrected chi connectivity index (χ1v) is 7.51. The highest BCUT2D eigenvalue weighted by Crippen LogP contribution is 2.42. The van der Waals surface area contributed by atoms with Crippen LogP contribution in [0.1, 0.15) is 49.8 Å². The van der Waals surface area contributed by atoms with E-state index < -0.39 is 0 Å². The first kappa shape index (κ1) is 14.4. The van der Waals surface area contributed by atoms with Gasteiger partial charge in [-0.2, -0.15) is 0 Å². The van der Waals surface area contributed by atoms with Crippen molar-refractivity contribution in [3.05, 3.63) is 29.3 Å². The zero-order chi connectivity index (χ0) is 13.8. The third-order valence-electron chi connectivity index (χ3n) is 4.66. The minimum absolute atomic E-state index is 0.423. The van der Waals surface area contributed by atoms with Crippen LogP contribution in [0.15, 0.2) is 18.2 Å². The van der Waals surface area contributed by atoms with Gasteiger partial charge >= 0.3 is 0 Å². The van der Waals surface area contributed by atoms with Crippen LogP contribution in [0.4, 0.5) is 0 Å². The van der Waals surface area contributed by atoms with Gasteiger partial charge in [-0.3, -0.25) is 0 Å². The van der Waals surface area contributed by atoms with Gasteiger partial charge in [-0.15, -0.1) is 0 Å². The zero-order valence-corrected chi connectivity index (χ0v) is 12.7. The Labute approximate surface area is 117 Å². The van der Waals surface area contributed by atoms with E-state index in [0.717, 1.165) is 17.6 Å². The molecule has 1 aromatic carbocycles. The van der Waals surface area contributed by atoms with Crippen molar-refractivity contribution in [3.8, 4) is 5.75 Å². The lowest BCUT2D eigenvalue weighted by Crippen LogP contribution is -2.24. The average molecular weight is 261 g/mol. The fourth-order valence-corrected chi connectivity index (χ4v) is 3.53. The summed E-state index contributed by atoms with van der Waals surface area (Å²) in [6, 6.07) is 6.92. The second-order valence-corrected chi connectivity index (χ2v) is 5.86. The molecule has 2 nitrogen and oxygen atoms in total. The number of benzene rings is 1. The summed E-state index contributed by atoms with van der Waals surface area (Å²) < 4.78 is 5.56. The van der Waals surface area contributed by atoms with Gasteiger partial charge in [0.2, 0.25) is 0 Å². The Balaban J connectivity index is 2.24. The molecule has 1 aliphatic carbocycles. The molecule has 3 unspecified atom stereocenters. The molecule has 0 amide bonds. The lowest BCUT2D eigenvalue weighted by Gasteiger charge is -2.26. The Bertz CT molecular complexity index is 416. The van der Waals surface area contributed by atoms with E-state index in [0.29, 0.717) is 6.04 Å². The number of hydrogen-bond donors (Lipinski definition) is 1. The lowest BCUT2D eigenvalue weighted by atomic mass is 9.89. The molecule has 2 rings (SSSR count). The lowest BCUT2D eigenvalue weighted by molar-refractivity contribution is 0.349. The number of hydrogen-bond acceptors (Lipinski definition) is 2. The van der Waals surface area contributed by atoms with Gasteiger partial charge in [0.15, 0.2) is 0 Å². The van der Waals surface area contributed by atoms with E-state index in [-0.39, 0.29) is 0 Å². The van der Waals surface area contributed by atoms with Gasteiger partial charge in [0.1, 0.15) is 5.75 Å². The highest BCUT2D eigenvalue weighted by atomic mass is 16.5. The fourth-order valence-electron chi connectivity index (χ4n) is 3.53. The van der Waals surface area contributed by atoms with Crippen LogP contribution in [0, 0.1) is 18.8 Å². The van der Waals surface area contributed by atoms with Crippen LogP contribution in [-0.4, -0.2) is 14.2 Å². The summed E-state index contributed by atoms with van der Waals surface area (Å²) in [7, 11) is 3.84. The third-order valence-corrected chi connectivity index (χ3v) is 4.66. The first-order valence-electron chi connectivity index (χ1n) is 7.51. The van der Waals surface area contributed by atoms with Crippen LogP contribution < -0.4 is 10.1 Å². The van der Waals surface area contributed by atoms with Crippen LogP contribution in [-0.2, 0) is 0 Å². The molecule has 1 aliphatic rings. The summed E-state index contributed by atoms with van der Waals surface area (Å²) in [5.74, 6) is 2.67. The minimum atomic E-state index is 0.423. The molecule has 19 heavy (non-hydrogen) atoms. The number of rotatable bonds is 5. The van der Waals surface area contributed by atoms with Gasteiger partial charge < -0.3 is 10.1 Å². The molecule has 0 saturated heterocycles. The molecule has 0 aromatic heterocycles. The molecular formula is C17H27NO. The van der Waals surface area contributed by atoms with Crippen LogP contribution in [0.3, 0.4) is 0 Å². The van der Waals surface area contributed by atoms with Crippen LogP contribution in [0.25, 0.3) is 0 Å². The third kappa shape index (κ3) is 3.11. The van der Waals surface area contributed by atoms with E-state index in [1.807, 2.05) is 0 Å². The maximum absolute atomic E-state index is 5.56. The molecule has 106 valence electrons. The standard InChI is InChI=1S/C17H27NO/c1-5-13-7-8-14(11-13)17(18-3)15-10-12(2)6-9-16(15)19-4/h6,9-10,13-14,17-18H,5,7-8,11H2,1-4H3. The van der Waals surface area contributed by atoms with E-state index in [1.54, 1.807) is 7.11 Å². The van der Waals surface area contributed by atoms with Crippen molar-refractivity contribution in [2.24, 2.45) is 11.8 Å². The SMILES string of the molecule is CCC1CCC(C(NC)c2cc(C)ccc2OC)C1. The topological polar surface area (TPSA) is 21.3 Å². The van der Waals surface area contributed by atoms with E-state index in [4.69, 9.17) is 4.74 Å². The molecule has 0 heterocycles. The average Bonchev–Trinajstić information content (AvgIpc) is 2.89. The maximum atomic E-state index is 5.56. The predicted octanol–water partition coefficient (Wildman–Crippen LogP) is 4.09. The molecule has 1 N–H and O–H groups in total. The Morgan fingerprint density at radius 3 is 2.74 bits per heavy atom.